The molecule has 15 heavy (non-hydrogen) atoms. The second-order valence-electron chi connectivity index (χ2n) is 3.10. The molecule has 0 aliphatic heterocycles. The number of nitrogens with one attached hydrogen (secondary N) is 1. The van der Waals surface area contributed by atoms with Gasteiger partial charge in [0.2, 0.25) is 0 Å². The fourth-order valence-corrected chi connectivity index (χ4v) is 1.61. The predicted octanol–water partition coefficient (Wildman–Crippen LogP) is 2.14. The van der Waals surface area contributed by atoms with Gasteiger partial charge < -0.3 is 5.32 Å². The van der Waals surface area contributed by atoms with E-state index in [0.717, 1.165) is 0 Å². The van der Waals surface area contributed by atoms with Crippen molar-refractivity contribution in [1.82, 2.24) is 15.3 Å². The molecular weight excluding hydrogens is 217 g/mol. The number of hydrogen-bond acceptors (Lipinski definition) is 3. The number of para-hydroxylation sites is 1. The van der Waals surface area contributed by atoms with Gasteiger partial charge in [0.1, 0.15) is 22.3 Å². The molecule has 0 aliphatic rings. The number of hydrogen-bond donors (Lipinski definition) is 1. The number of halogens is 2. The molecule has 1 heterocycles. The Morgan fingerprint density at radius 1 is 1.40 bits per heavy atom. The van der Waals surface area contributed by atoms with E-state index >= 15 is 0 Å². The first kappa shape index (κ1) is 10.3. The Hall–Kier alpha value is -1.26. The smallest absolute Gasteiger partial charge is 0.149 e. The first-order chi connectivity index (χ1) is 7.22. The fraction of sp³-hybridized carbons (Fsp3) is 0.200. The molecule has 0 radical (unpaired) electrons. The molecule has 0 amide bonds. The van der Waals surface area contributed by atoms with Crippen molar-refractivity contribution in [2.24, 2.45) is 0 Å². The second kappa shape index (κ2) is 4.08. The zero-order valence-electron chi connectivity index (χ0n) is 8.09. The largest absolute Gasteiger partial charge is 0.313 e. The van der Waals surface area contributed by atoms with Gasteiger partial charge in [-0.05, 0) is 19.2 Å². The van der Waals surface area contributed by atoms with Gasteiger partial charge in [-0.25, -0.2) is 14.4 Å². The molecule has 5 heteroatoms. The van der Waals surface area contributed by atoms with Crippen LogP contribution < -0.4 is 5.32 Å². The van der Waals surface area contributed by atoms with Crippen LogP contribution in [-0.4, -0.2) is 17.0 Å². The standard InChI is InChI=1S/C10H9ClFN3/c1-13-5-8-14-9-6(10(11)15-8)3-2-4-7(9)12/h2-4,13H,5H2,1H3. The number of fused-ring (bicyclic) bond motifs is 1. The van der Waals surface area contributed by atoms with Gasteiger partial charge in [-0.15, -0.1) is 0 Å². The first-order valence-electron chi connectivity index (χ1n) is 4.47. The van der Waals surface area contributed by atoms with Crippen molar-refractivity contribution >= 4 is 22.5 Å². The molecular formula is C10H9ClFN3. The summed E-state index contributed by atoms with van der Waals surface area (Å²) in [6.45, 7) is 0.462. The van der Waals surface area contributed by atoms with Crippen molar-refractivity contribution < 1.29 is 4.39 Å². The van der Waals surface area contributed by atoms with Crippen molar-refractivity contribution in [2.75, 3.05) is 7.05 Å². The molecule has 1 aromatic heterocycles. The zero-order chi connectivity index (χ0) is 10.8. The quantitative estimate of drug-likeness (QED) is 0.796. The van der Waals surface area contributed by atoms with Crippen molar-refractivity contribution in [2.45, 2.75) is 6.54 Å². The molecule has 0 unspecified atom stereocenters. The normalized spacial score (nSPS) is 10.9. The van der Waals surface area contributed by atoms with Gasteiger partial charge in [-0.2, -0.15) is 0 Å². The Morgan fingerprint density at radius 3 is 2.93 bits per heavy atom. The van der Waals surface area contributed by atoms with Gasteiger partial charge >= 0.3 is 0 Å². The Labute approximate surface area is 91.3 Å². The zero-order valence-corrected chi connectivity index (χ0v) is 8.85. The molecule has 2 rings (SSSR count). The van der Waals surface area contributed by atoms with E-state index in [0.29, 0.717) is 17.8 Å². The summed E-state index contributed by atoms with van der Waals surface area (Å²) in [4.78, 5) is 8.15. The van der Waals surface area contributed by atoms with Crippen molar-refractivity contribution in [3.05, 3.63) is 35.0 Å². The van der Waals surface area contributed by atoms with Gasteiger partial charge in [-0.3, -0.25) is 0 Å². The third-order valence-corrected chi connectivity index (χ3v) is 2.30. The Balaban J connectivity index is 2.68. The van der Waals surface area contributed by atoms with E-state index in [1.165, 1.54) is 6.07 Å². The summed E-state index contributed by atoms with van der Waals surface area (Å²) in [5, 5.41) is 3.71. The highest BCUT2D eigenvalue weighted by Crippen LogP contribution is 2.22. The molecule has 0 aliphatic carbocycles. The lowest BCUT2D eigenvalue weighted by molar-refractivity contribution is 0.634. The van der Waals surface area contributed by atoms with Crippen LogP contribution in [0.2, 0.25) is 5.15 Å². The lowest BCUT2D eigenvalue weighted by Gasteiger charge is -2.04. The maximum atomic E-state index is 13.4. The monoisotopic (exact) mass is 225 g/mol. The summed E-state index contributed by atoms with van der Waals surface area (Å²) in [5.41, 5.74) is 0.266. The summed E-state index contributed by atoms with van der Waals surface area (Å²) >= 11 is 5.92. The van der Waals surface area contributed by atoms with Gasteiger partial charge in [0.15, 0.2) is 0 Å². The highest BCUT2D eigenvalue weighted by molar-refractivity contribution is 6.34. The van der Waals surface area contributed by atoms with Crippen LogP contribution in [-0.2, 0) is 6.54 Å². The van der Waals surface area contributed by atoms with Gasteiger partial charge in [0.25, 0.3) is 0 Å². The van der Waals surface area contributed by atoms with E-state index in [1.54, 1.807) is 19.2 Å². The molecule has 0 saturated heterocycles. The van der Waals surface area contributed by atoms with Gasteiger partial charge in [0, 0.05) is 5.39 Å². The molecule has 78 valence electrons. The lowest BCUT2D eigenvalue weighted by Crippen LogP contribution is -2.09. The van der Waals surface area contributed by atoms with Crippen LogP contribution in [0.4, 0.5) is 4.39 Å². The summed E-state index contributed by atoms with van der Waals surface area (Å²) in [6.07, 6.45) is 0. The lowest BCUT2D eigenvalue weighted by atomic mass is 10.2. The number of nitrogens with zero attached hydrogens (tertiary/aromatic N) is 2. The summed E-state index contributed by atoms with van der Waals surface area (Å²) in [7, 11) is 1.77. The van der Waals surface area contributed by atoms with Crippen molar-refractivity contribution in [3.63, 3.8) is 0 Å². The molecule has 0 bridgehead atoms. The van der Waals surface area contributed by atoms with Gasteiger partial charge in [0.05, 0.1) is 6.54 Å². The SMILES string of the molecule is CNCc1nc(Cl)c2cccc(F)c2n1. The predicted molar refractivity (Wildman–Crippen MR) is 57.3 cm³/mol. The van der Waals surface area contributed by atoms with Crippen LogP contribution in [0.25, 0.3) is 10.9 Å². The summed E-state index contributed by atoms with van der Waals surface area (Å²) in [5.74, 6) is 0.106. The highest BCUT2D eigenvalue weighted by atomic mass is 35.5. The maximum absolute atomic E-state index is 13.4. The van der Waals surface area contributed by atoms with Gasteiger partial charge in [-0.1, -0.05) is 17.7 Å². The minimum atomic E-state index is -0.380. The molecule has 1 aromatic carbocycles. The van der Waals surface area contributed by atoms with E-state index in [9.17, 15) is 4.39 Å². The number of rotatable bonds is 2. The average molecular weight is 226 g/mol. The topological polar surface area (TPSA) is 37.8 Å². The van der Waals surface area contributed by atoms with Crippen LogP contribution in [0, 0.1) is 5.82 Å². The van der Waals surface area contributed by atoms with Crippen LogP contribution in [0.5, 0.6) is 0 Å². The molecule has 0 atom stereocenters. The maximum Gasteiger partial charge on any atom is 0.149 e. The van der Waals surface area contributed by atoms with E-state index < -0.39 is 0 Å². The van der Waals surface area contributed by atoms with Crippen molar-refractivity contribution in [1.29, 1.82) is 0 Å². The first-order valence-corrected chi connectivity index (χ1v) is 4.85. The Morgan fingerprint density at radius 2 is 2.20 bits per heavy atom. The Kier molecular flexibility index (Phi) is 2.79. The molecule has 3 nitrogen and oxygen atoms in total. The molecule has 0 saturated carbocycles. The molecule has 2 aromatic rings. The summed E-state index contributed by atoms with van der Waals surface area (Å²) < 4.78 is 13.4. The van der Waals surface area contributed by atoms with Crippen LogP contribution in [0.3, 0.4) is 0 Å². The Bertz CT molecular complexity index is 501. The molecule has 0 fully saturated rings. The molecule has 0 spiro atoms. The number of benzene rings is 1. The van der Waals surface area contributed by atoms with Crippen LogP contribution >= 0.6 is 11.6 Å². The third kappa shape index (κ3) is 1.91. The number of aromatic nitrogens is 2. The minimum absolute atomic E-state index is 0.266. The molecule has 1 N–H and O–H groups in total. The fourth-order valence-electron chi connectivity index (χ4n) is 1.36. The van der Waals surface area contributed by atoms with Crippen molar-refractivity contribution in [3.8, 4) is 0 Å². The summed E-state index contributed by atoms with van der Waals surface area (Å²) in [6, 6.07) is 4.64. The van der Waals surface area contributed by atoms with E-state index in [1.807, 2.05) is 0 Å². The second-order valence-corrected chi connectivity index (χ2v) is 3.45. The highest BCUT2D eigenvalue weighted by Gasteiger charge is 2.08. The van der Waals surface area contributed by atoms with E-state index in [-0.39, 0.29) is 16.5 Å². The van der Waals surface area contributed by atoms with E-state index in [4.69, 9.17) is 11.6 Å². The van der Waals surface area contributed by atoms with Crippen LogP contribution in [0.15, 0.2) is 18.2 Å². The third-order valence-electron chi connectivity index (χ3n) is 2.01. The van der Waals surface area contributed by atoms with E-state index in [2.05, 4.69) is 15.3 Å². The van der Waals surface area contributed by atoms with Crippen LogP contribution in [0.1, 0.15) is 5.82 Å². The average Bonchev–Trinajstić information content (AvgIpc) is 2.20. The minimum Gasteiger partial charge on any atom is -0.313 e.